The quantitative estimate of drug-likeness (QED) is 0.547. The van der Waals surface area contributed by atoms with Crippen molar-refractivity contribution in [2.24, 2.45) is 5.14 Å². The predicted molar refractivity (Wildman–Crippen MR) is 92.7 cm³/mol. The van der Waals surface area contributed by atoms with Crippen LogP contribution in [0.5, 0.6) is 0 Å². The van der Waals surface area contributed by atoms with Gasteiger partial charge in [0.05, 0.1) is 4.90 Å². The van der Waals surface area contributed by atoms with Crippen LogP contribution in [0.1, 0.15) is 5.56 Å². The zero-order chi connectivity index (χ0) is 18.4. The van der Waals surface area contributed by atoms with Crippen molar-refractivity contribution in [1.82, 2.24) is 4.98 Å². The molecular weight excluding hydrogens is 342 g/mol. The highest BCUT2D eigenvalue weighted by Crippen LogP contribution is 2.14. The molecule has 2 rings (SSSR count). The van der Waals surface area contributed by atoms with Crippen molar-refractivity contribution in [3.8, 4) is 6.07 Å². The molecule has 0 unspecified atom stereocenters. The van der Waals surface area contributed by atoms with Gasteiger partial charge in [-0.25, -0.2) is 18.5 Å². The Balaban J connectivity index is 2.11. The lowest BCUT2D eigenvalue weighted by atomic mass is 10.2. The molecule has 1 heterocycles. The lowest BCUT2D eigenvalue weighted by Crippen LogP contribution is -2.15. The van der Waals surface area contributed by atoms with Crippen molar-refractivity contribution >= 4 is 27.4 Å². The number of nitrogens with two attached hydrogens (primary N) is 1. The van der Waals surface area contributed by atoms with E-state index in [1.54, 1.807) is 18.3 Å². The normalized spacial score (nSPS) is 11.5. The highest BCUT2D eigenvalue weighted by atomic mass is 32.2. The summed E-state index contributed by atoms with van der Waals surface area (Å²) in [6.07, 6.45) is 2.84. The molecule has 4 N–H and O–H groups in total. The second kappa shape index (κ2) is 7.57. The summed E-state index contributed by atoms with van der Waals surface area (Å²) < 4.78 is 22.4. The van der Waals surface area contributed by atoms with Gasteiger partial charge in [-0.2, -0.15) is 5.26 Å². The standard InChI is InChI=1S/C16H15N5O3S/c1-11-3-2-8-19-15(11)20-10-12(9-17)16(22)21-13-4-6-14(7-5-13)25(18,23)24/h2-8,10H,1H3,(H,19,20)(H,21,22)(H2,18,23,24)/b12-10-. The lowest BCUT2D eigenvalue weighted by Gasteiger charge is -2.06. The molecule has 0 aliphatic carbocycles. The fourth-order valence-corrected chi connectivity index (χ4v) is 2.37. The lowest BCUT2D eigenvalue weighted by molar-refractivity contribution is -0.112. The predicted octanol–water partition coefficient (Wildman–Crippen LogP) is 1.50. The maximum atomic E-state index is 12.1. The molecule has 1 amide bonds. The van der Waals surface area contributed by atoms with Gasteiger partial charge in [0.15, 0.2) is 0 Å². The van der Waals surface area contributed by atoms with Crippen LogP contribution in [-0.4, -0.2) is 19.3 Å². The number of carbonyl (C=O) groups excluding carboxylic acids is 1. The Morgan fingerprint density at radius 3 is 2.52 bits per heavy atom. The Morgan fingerprint density at radius 1 is 1.28 bits per heavy atom. The van der Waals surface area contributed by atoms with Crippen LogP contribution in [0.3, 0.4) is 0 Å². The van der Waals surface area contributed by atoms with Gasteiger partial charge in [0.25, 0.3) is 5.91 Å². The fourth-order valence-electron chi connectivity index (χ4n) is 1.85. The Bertz CT molecular complexity index is 960. The van der Waals surface area contributed by atoms with E-state index in [0.717, 1.165) is 5.56 Å². The van der Waals surface area contributed by atoms with Crippen LogP contribution in [0.2, 0.25) is 0 Å². The first kappa shape index (κ1) is 18.1. The summed E-state index contributed by atoms with van der Waals surface area (Å²) >= 11 is 0. The van der Waals surface area contributed by atoms with Crippen molar-refractivity contribution in [1.29, 1.82) is 5.26 Å². The van der Waals surface area contributed by atoms with Gasteiger partial charge in [-0.15, -0.1) is 0 Å². The summed E-state index contributed by atoms with van der Waals surface area (Å²) in [6, 6.07) is 10.7. The number of benzene rings is 1. The average Bonchev–Trinajstić information content (AvgIpc) is 2.56. The van der Waals surface area contributed by atoms with E-state index in [1.165, 1.54) is 30.5 Å². The summed E-state index contributed by atoms with van der Waals surface area (Å²) in [6.45, 7) is 1.84. The van der Waals surface area contributed by atoms with E-state index in [-0.39, 0.29) is 10.5 Å². The van der Waals surface area contributed by atoms with Gasteiger partial charge in [-0.05, 0) is 42.8 Å². The van der Waals surface area contributed by atoms with Crippen molar-refractivity contribution in [2.75, 3.05) is 10.6 Å². The molecule has 8 nitrogen and oxygen atoms in total. The molecule has 0 fully saturated rings. The van der Waals surface area contributed by atoms with Crippen molar-refractivity contribution in [2.45, 2.75) is 11.8 Å². The largest absolute Gasteiger partial charge is 0.345 e. The van der Waals surface area contributed by atoms with Crippen LogP contribution >= 0.6 is 0 Å². The van der Waals surface area contributed by atoms with Crippen LogP contribution < -0.4 is 15.8 Å². The number of amides is 1. The summed E-state index contributed by atoms with van der Waals surface area (Å²) in [7, 11) is -3.81. The molecule has 0 bridgehead atoms. The van der Waals surface area contributed by atoms with Crippen molar-refractivity contribution in [3.05, 3.63) is 59.9 Å². The smallest absolute Gasteiger partial charge is 0.267 e. The Morgan fingerprint density at radius 2 is 1.96 bits per heavy atom. The molecule has 1 aromatic carbocycles. The van der Waals surface area contributed by atoms with Crippen LogP contribution in [0.15, 0.2) is 59.3 Å². The highest BCUT2D eigenvalue weighted by Gasteiger charge is 2.11. The number of carbonyl (C=O) groups is 1. The second-order valence-corrected chi connectivity index (χ2v) is 6.57. The number of nitrogens with zero attached hydrogens (tertiary/aromatic N) is 2. The Labute approximate surface area is 145 Å². The van der Waals surface area contributed by atoms with Gasteiger partial charge in [0.1, 0.15) is 17.5 Å². The summed E-state index contributed by atoms with van der Waals surface area (Å²) in [5, 5.41) is 19.4. The van der Waals surface area contributed by atoms with Gasteiger partial charge < -0.3 is 10.6 Å². The molecule has 2 aromatic rings. The van der Waals surface area contributed by atoms with Gasteiger partial charge in [0, 0.05) is 18.1 Å². The third-order valence-corrected chi connectivity index (χ3v) is 4.10. The second-order valence-electron chi connectivity index (χ2n) is 5.01. The SMILES string of the molecule is Cc1cccnc1N/C=C(/C#N)C(=O)Nc1ccc(S(N)(=O)=O)cc1. The number of aromatic nitrogens is 1. The van der Waals surface area contributed by atoms with Crippen molar-refractivity contribution in [3.63, 3.8) is 0 Å². The number of nitrogens with one attached hydrogen (secondary N) is 2. The first-order chi connectivity index (χ1) is 11.8. The minimum Gasteiger partial charge on any atom is -0.345 e. The minimum atomic E-state index is -3.81. The molecule has 9 heteroatoms. The number of aryl methyl sites for hydroxylation is 1. The first-order valence-electron chi connectivity index (χ1n) is 7.04. The maximum Gasteiger partial charge on any atom is 0.267 e. The number of sulfonamides is 1. The minimum absolute atomic E-state index is 0.0751. The van der Waals surface area contributed by atoms with E-state index in [0.29, 0.717) is 11.5 Å². The summed E-state index contributed by atoms with van der Waals surface area (Å²) in [4.78, 5) is 16.1. The van der Waals surface area contributed by atoms with E-state index < -0.39 is 15.9 Å². The van der Waals surface area contributed by atoms with E-state index >= 15 is 0 Å². The van der Waals surface area contributed by atoms with E-state index in [4.69, 9.17) is 10.4 Å². The van der Waals surface area contributed by atoms with E-state index in [9.17, 15) is 13.2 Å². The monoisotopic (exact) mass is 357 g/mol. The summed E-state index contributed by atoms with van der Waals surface area (Å²) in [5.41, 5.74) is 1.02. The number of pyridine rings is 1. The molecule has 1 aromatic heterocycles. The zero-order valence-corrected chi connectivity index (χ0v) is 14.0. The first-order valence-corrected chi connectivity index (χ1v) is 8.58. The Hall–Kier alpha value is -3.22. The summed E-state index contributed by atoms with van der Waals surface area (Å²) in [5.74, 6) is -0.118. The van der Waals surface area contributed by atoms with Gasteiger partial charge in [-0.1, -0.05) is 6.07 Å². The molecule has 0 saturated heterocycles. The molecule has 0 radical (unpaired) electrons. The molecule has 25 heavy (non-hydrogen) atoms. The topological polar surface area (TPSA) is 138 Å². The molecule has 0 saturated carbocycles. The molecule has 0 aliphatic rings. The van der Waals surface area contributed by atoms with Gasteiger partial charge in [0.2, 0.25) is 10.0 Å². The zero-order valence-electron chi connectivity index (χ0n) is 13.2. The Kier molecular flexibility index (Phi) is 5.49. The number of anilines is 2. The molecule has 128 valence electrons. The third-order valence-electron chi connectivity index (χ3n) is 3.17. The van der Waals surface area contributed by atoms with Gasteiger partial charge in [-0.3, -0.25) is 4.79 Å². The molecule has 0 atom stereocenters. The number of hydrogen-bond acceptors (Lipinski definition) is 6. The van der Waals surface area contributed by atoms with Crippen molar-refractivity contribution < 1.29 is 13.2 Å². The average molecular weight is 357 g/mol. The highest BCUT2D eigenvalue weighted by molar-refractivity contribution is 7.89. The van der Waals surface area contributed by atoms with Crippen LogP contribution in [-0.2, 0) is 14.8 Å². The van der Waals surface area contributed by atoms with E-state index in [2.05, 4.69) is 15.6 Å². The maximum absolute atomic E-state index is 12.1. The number of primary sulfonamides is 1. The molecule has 0 aliphatic heterocycles. The van der Waals surface area contributed by atoms with Gasteiger partial charge >= 0.3 is 0 Å². The number of hydrogen-bond donors (Lipinski definition) is 3. The number of nitriles is 1. The third kappa shape index (κ3) is 4.87. The molecule has 0 spiro atoms. The van der Waals surface area contributed by atoms with E-state index in [1.807, 2.05) is 13.0 Å². The molecular formula is C16H15N5O3S. The van der Waals surface area contributed by atoms with Crippen LogP contribution in [0.4, 0.5) is 11.5 Å². The van der Waals surface area contributed by atoms with Crippen LogP contribution in [0, 0.1) is 18.3 Å². The van der Waals surface area contributed by atoms with Crippen LogP contribution in [0.25, 0.3) is 0 Å². The fraction of sp³-hybridized carbons (Fsp3) is 0.0625. The number of rotatable bonds is 5.